The number of amides is 2. The van der Waals surface area contributed by atoms with Gasteiger partial charge in [-0.3, -0.25) is 9.59 Å². The van der Waals surface area contributed by atoms with Crippen molar-refractivity contribution >= 4 is 29.9 Å². The smallest absolute Gasteiger partial charge is 0.240 e. The van der Waals surface area contributed by atoms with Crippen molar-refractivity contribution < 1.29 is 9.59 Å². The van der Waals surface area contributed by atoms with E-state index in [4.69, 9.17) is 0 Å². The second-order valence-electron chi connectivity index (χ2n) is 4.54. The molecule has 2 rings (SSSR count). The average molecular weight is 298 g/mol. The van der Waals surface area contributed by atoms with Crippen LogP contribution >= 0.6 is 12.4 Å². The Morgan fingerprint density at radius 1 is 1.40 bits per heavy atom. The third-order valence-corrected chi connectivity index (χ3v) is 3.21. The van der Waals surface area contributed by atoms with Gasteiger partial charge in [0, 0.05) is 25.3 Å². The summed E-state index contributed by atoms with van der Waals surface area (Å²) in [5, 5.41) is 5.89. The number of nitrogens with one attached hydrogen (secondary N) is 2. The maximum atomic E-state index is 12.0. The molecule has 110 valence electrons. The van der Waals surface area contributed by atoms with Gasteiger partial charge in [-0.1, -0.05) is 18.2 Å². The van der Waals surface area contributed by atoms with Crippen LogP contribution in [-0.2, 0) is 9.59 Å². The number of likely N-dealkylation sites (N-methyl/N-ethyl adjacent to an activating group) is 1. The molecule has 0 aromatic heterocycles. The molecule has 0 radical (unpaired) electrons. The Balaban J connectivity index is 0.00000200. The average Bonchev–Trinajstić information content (AvgIpc) is 2.42. The number of nitrogens with zero attached hydrogens (tertiary/aromatic N) is 1. The number of carbonyl (C=O) groups excluding carboxylic acids is 2. The van der Waals surface area contributed by atoms with E-state index in [-0.39, 0.29) is 30.6 Å². The second-order valence-corrected chi connectivity index (χ2v) is 4.54. The summed E-state index contributed by atoms with van der Waals surface area (Å²) in [6.45, 7) is 4.09. The standard InChI is InChI=1S/C14H19N3O2.ClH/c1-2-17-9-8-15-12(14(17)19)10-13(18)16-11-6-4-3-5-7-11;/h3-7,12,15H,2,8-10H2,1H3,(H,16,18);1H. The molecule has 0 spiro atoms. The van der Waals surface area contributed by atoms with Crippen molar-refractivity contribution in [2.24, 2.45) is 0 Å². The maximum Gasteiger partial charge on any atom is 0.240 e. The zero-order chi connectivity index (χ0) is 13.7. The summed E-state index contributed by atoms with van der Waals surface area (Å²) < 4.78 is 0. The van der Waals surface area contributed by atoms with Gasteiger partial charge in [0.25, 0.3) is 0 Å². The van der Waals surface area contributed by atoms with Crippen molar-refractivity contribution in [2.75, 3.05) is 25.0 Å². The van der Waals surface area contributed by atoms with Crippen LogP contribution < -0.4 is 10.6 Å². The SMILES string of the molecule is CCN1CCNC(CC(=O)Nc2ccccc2)C1=O.Cl. The number of para-hydroxylation sites is 1. The highest BCUT2D eigenvalue weighted by Crippen LogP contribution is 2.09. The summed E-state index contributed by atoms with van der Waals surface area (Å²) in [5.74, 6) is -0.132. The quantitative estimate of drug-likeness (QED) is 0.879. The van der Waals surface area contributed by atoms with Gasteiger partial charge in [-0.05, 0) is 19.1 Å². The minimum Gasteiger partial charge on any atom is -0.340 e. The van der Waals surface area contributed by atoms with Crippen molar-refractivity contribution in [3.63, 3.8) is 0 Å². The van der Waals surface area contributed by atoms with Crippen molar-refractivity contribution in [3.8, 4) is 0 Å². The fourth-order valence-corrected chi connectivity index (χ4v) is 2.18. The van der Waals surface area contributed by atoms with Gasteiger partial charge >= 0.3 is 0 Å². The van der Waals surface area contributed by atoms with E-state index in [0.717, 1.165) is 12.2 Å². The molecule has 1 aromatic carbocycles. The minimum absolute atomic E-state index is 0. The Kier molecular flexibility index (Phi) is 6.48. The van der Waals surface area contributed by atoms with Crippen LogP contribution in [0.4, 0.5) is 5.69 Å². The number of hydrogen-bond acceptors (Lipinski definition) is 3. The molecule has 20 heavy (non-hydrogen) atoms. The molecule has 2 N–H and O–H groups in total. The largest absolute Gasteiger partial charge is 0.340 e. The lowest BCUT2D eigenvalue weighted by Gasteiger charge is -2.32. The molecule has 2 amide bonds. The number of carbonyl (C=O) groups is 2. The fraction of sp³-hybridized carbons (Fsp3) is 0.429. The molecule has 5 nitrogen and oxygen atoms in total. The number of halogens is 1. The van der Waals surface area contributed by atoms with Gasteiger partial charge in [0.05, 0.1) is 12.5 Å². The summed E-state index contributed by atoms with van der Waals surface area (Å²) in [7, 11) is 0. The molecular formula is C14H20ClN3O2. The van der Waals surface area contributed by atoms with E-state index in [1.807, 2.05) is 37.3 Å². The highest BCUT2D eigenvalue weighted by atomic mass is 35.5. The van der Waals surface area contributed by atoms with Gasteiger partial charge in [-0.15, -0.1) is 12.4 Å². The molecule has 1 heterocycles. The second kappa shape index (κ2) is 7.87. The van der Waals surface area contributed by atoms with E-state index >= 15 is 0 Å². The number of rotatable bonds is 4. The monoisotopic (exact) mass is 297 g/mol. The molecule has 0 saturated carbocycles. The number of benzene rings is 1. The van der Waals surface area contributed by atoms with Gasteiger partial charge in [0.2, 0.25) is 11.8 Å². The van der Waals surface area contributed by atoms with Crippen LogP contribution in [0.1, 0.15) is 13.3 Å². The van der Waals surface area contributed by atoms with E-state index < -0.39 is 6.04 Å². The first-order valence-electron chi connectivity index (χ1n) is 6.57. The van der Waals surface area contributed by atoms with Crippen molar-refractivity contribution in [1.29, 1.82) is 0 Å². The molecule has 1 aliphatic rings. The van der Waals surface area contributed by atoms with Crippen molar-refractivity contribution in [2.45, 2.75) is 19.4 Å². The van der Waals surface area contributed by atoms with Crippen LogP contribution in [0.5, 0.6) is 0 Å². The first-order chi connectivity index (χ1) is 9.20. The number of piperazine rings is 1. The van der Waals surface area contributed by atoms with E-state index in [1.165, 1.54) is 0 Å². The zero-order valence-corrected chi connectivity index (χ0v) is 12.3. The molecule has 1 fully saturated rings. The Bertz CT molecular complexity index is 453. The van der Waals surface area contributed by atoms with E-state index in [9.17, 15) is 9.59 Å². The maximum absolute atomic E-state index is 12.0. The molecule has 0 aliphatic carbocycles. The van der Waals surface area contributed by atoms with E-state index in [2.05, 4.69) is 10.6 Å². The van der Waals surface area contributed by atoms with Gasteiger partial charge in [0.15, 0.2) is 0 Å². The third-order valence-electron chi connectivity index (χ3n) is 3.21. The predicted octanol–water partition coefficient (Wildman–Crippen LogP) is 1.26. The van der Waals surface area contributed by atoms with Gasteiger partial charge in [-0.25, -0.2) is 0 Å². The van der Waals surface area contributed by atoms with Crippen LogP contribution in [0.2, 0.25) is 0 Å². The number of anilines is 1. The summed E-state index contributed by atoms with van der Waals surface area (Å²) in [6.07, 6.45) is 0.171. The lowest BCUT2D eigenvalue weighted by atomic mass is 10.1. The highest BCUT2D eigenvalue weighted by Gasteiger charge is 2.28. The molecule has 1 atom stereocenters. The van der Waals surface area contributed by atoms with E-state index in [0.29, 0.717) is 13.1 Å². The first-order valence-corrected chi connectivity index (χ1v) is 6.57. The summed E-state index contributed by atoms with van der Waals surface area (Å²) in [5.41, 5.74) is 0.753. The highest BCUT2D eigenvalue weighted by molar-refractivity contribution is 5.95. The topological polar surface area (TPSA) is 61.4 Å². The Morgan fingerprint density at radius 3 is 2.75 bits per heavy atom. The number of hydrogen-bond donors (Lipinski definition) is 2. The lowest BCUT2D eigenvalue weighted by molar-refractivity contribution is -0.137. The normalized spacial score (nSPS) is 18.4. The minimum atomic E-state index is -0.405. The van der Waals surface area contributed by atoms with Crippen LogP contribution in [0.3, 0.4) is 0 Å². The molecule has 1 aliphatic heterocycles. The van der Waals surface area contributed by atoms with Crippen LogP contribution in [-0.4, -0.2) is 42.4 Å². The van der Waals surface area contributed by atoms with Gasteiger partial charge in [0.1, 0.15) is 0 Å². The molecule has 1 unspecified atom stereocenters. The van der Waals surface area contributed by atoms with Gasteiger partial charge < -0.3 is 15.5 Å². The molecule has 1 saturated heterocycles. The predicted molar refractivity (Wildman–Crippen MR) is 81.0 cm³/mol. The van der Waals surface area contributed by atoms with Crippen molar-refractivity contribution in [1.82, 2.24) is 10.2 Å². The summed E-state index contributed by atoms with van der Waals surface area (Å²) >= 11 is 0. The van der Waals surface area contributed by atoms with Crippen LogP contribution in [0.25, 0.3) is 0 Å². The first kappa shape index (κ1) is 16.5. The lowest BCUT2D eigenvalue weighted by Crippen LogP contribution is -2.55. The van der Waals surface area contributed by atoms with Crippen LogP contribution in [0, 0.1) is 0 Å². The Labute approximate surface area is 125 Å². The molecule has 1 aromatic rings. The Hall–Kier alpha value is -1.59. The Morgan fingerprint density at radius 2 is 2.10 bits per heavy atom. The van der Waals surface area contributed by atoms with Gasteiger partial charge in [-0.2, -0.15) is 0 Å². The fourth-order valence-electron chi connectivity index (χ4n) is 2.18. The summed E-state index contributed by atoms with van der Waals surface area (Å²) in [6, 6.07) is 8.86. The van der Waals surface area contributed by atoms with Crippen LogP contribution in [0.15, 0.2) is 30.3 Å². The third kappa shape index (κ3) is 4.21. The molecular weight excluding hydrogens is 278 g/mol. The molecule has 0 bridgehead atoms. The summed E-state index contributed by atoms with van der Waals surface area (Å²) in [4.78, 5) is 25.7. The zero-order valence-electron chi connectivity index (χ0n) is 11.5. The van der Waals surface area contributed by atoms with Crippen molar-refractivity contribution in [3.05, 3.63) is 30.3 Å². The van der Waals surface area contributed by atoms with E-state index in [1.54, 1.807) is 4.90 Å². The molecule has 6 heteroatoms.